The second-order valence-corrected chi connectivity index (χ2v) is 17.9. The van der Waals surface area contributed by atoms with Crippen LogP contribution in [0.25, 0.3) is 75.8 Å². The number of anilines is 3. The van der Waals surface area contributed by atoms with Crippen molar-refractivity contribution in [3.8, 4) is 55.6 Å². The molecule has 10 aromatic carbocycles. The van der Waals surface area contributed by atoms with Crippen molar-refractivity contribution in [2.75, 3.05) is 4.90 Å². The molecular weight excluding hydrogens is 779 g/mol. The molecule has 0 fully saturated rings. The lowest BCUT2D eigenvalue weighted by Crippen LogP contribution is -2.29. The van der Waals surface area contributed by atoms with Crippen LogP contribution in [0.3, 0.4) is 0 Å². The Kier molecular flexibility index (Phi) is 8.06. The second kappa shape index (κ2) is 14.1. The van der Waals surface area contributed by atoms with E-state index in [0.29, 0.717) is 0 Å². The first kappa shape index (κ1) is 35.9. The number of rotatable bonds is 5. The maximum absolute atomic E-state index is 2.55. The predicted molar refractivity (Wildman–Crippen MR) is 267 cm³/mol. The van der Waals surface area contributed by atoms with Crippen molar-refractivity contribution < 1.29 is 0 Å². The van der Waals surface area contributed by atoms with Gasteiger partial charge in [0.15, 0.2) is 0 Å². The van der Waals surface area contributed by atoms with Gasteiger partial charge in [0.05, 0.1) is 5.41 Å². The van der Waals surface area contributed by atoms with Crippen molar-refractivity contribution in [2.45, 2.75) is 5.41 Å². The smallest absolute Gasteiger partial charge is 0.0726 e. The highest BCUT2D eigenvalue weighted by Gasteiger charge is 2.50. The summed E-state index contributed by atoms with van der Waals surface area (Å²) in [6.45, 7) is 0. The molecule has 63 heavy (non-hydrogen) atoms. The molecule has 0 saturated carbocycles. The largest absolute Gasteiger partial charge is 0.310 e. The van der Waals surface area contributed by atoms with Gasteiger partial charge < -0.3 is 4.90 Å². The molecule has 1 heterocycles. The van der Waals surface area contributed by atoms with Crippen molar-refractivity contribution in [3.05, 3.63) is 259 Å². The summed E-state index contributed by atoms with van der Waals surface area (Å²) in [7, 11) is 0. The van der Waals surface area contributed by atoms with E-state index in [0.717, 1.165) is 17.1 Å². The minimum atomic E-state index is -0.609. The fraction of sp³-hybridized carbons (Fsp3) is 0.0164. The average Bonchev–Trinajstić information content (AvgIpc) is 3.83. The van der Waals surface area contributed by atoms with Gasteiger partial charge in [-0.25, -0.2) is 0 Å². The summed E-state index contributed by atoms with van der Waals surface area (Å²) in [5.74, 6) is 0. The molecule has 1 spiro atoms. The van der Waals surface area contributed by atoms with Crippen LogP contribution in [0.5, 0.6) is 0 Å². The number of para-hydroxylation sites is 1. The van der Waals surface area contributed by atoms with Gasteiger partial charge in [-0.1, -0.05) is 182 Å². The second-order valence-electron chi connectivity index (χ2n) is 16.8. The third-order valence-electron chi connectivity index (χ3n) is 13.5. The molecule has 1 nitrogen and oxygen atoms in total. The molecule has 13 rings (SSSR count). The molecule has 0 saturated heterocycles. The monoisotopic (exact) mass is 817 g/mol. The van der Waals surface area contributed by atoms with Crippen molar-refractivity contribution in [2.24, 2.45) is 0 Å². The van der Waals surface area contributed by atoms with E-state index in [1.165, 1.54) is 98.1 Å². The van der Waals surface area contributed by atoms with Crippen LogP contribution in [-0.4, -0.2) is 0 Å². The number of thiophene rings is 1. The first-order valence-corrected chi connectivity index (χ1v) is 22.6. The summed E-state index contributed by atoms with van der Waals surface area (Å²) in [6.07, 6.45) is 0. The van der Waals surface area contributed by atoms with E-state index in [1.54, 1.807) is 0 Å². The summed E-state index contributed by atoms with van der Waals surface area (Å²) in [6, 6.07) is 88.0. The minimum Gasteiger partial charge on any atom is -0.310 e. The van der Waals surface area contributed by atoms with Crippen molar-refractivity contribution >= 4 is 48.6 Å². The molecular formula is C61H39NS. The summed E-state index contributed by atoms with van der Waals surface area (Å²) in [5.41, 5.74) is 20.5. The molecule has 0 radical (unpaired) electrons. The van der Waals surface area contributed by atoms with E-state index in [4.69, 9.17) is 0 Å². The van der Waals surface area contributed by atoms with E-state index < -0.39 is 5.41 Å². The molecule has 0 bridgehead atoms. The van der Waals surface area contributed by atoms with Gasteiger partial charge in [0, 0.05) is 37.2 Å². The van der Waals surface area contributed by atoms with Gasteiger partial charge in [0.2, 0.25) is 0 Å². The van der Waals surface area contributed by atoms with Gasteiger partial charge in [0.1, 0.15) is 0 Å². The van der Waals surface area contributed by atoms with Gasteiger partial charge in [-0.3, -0.25) is 0 Å². The van der Waals surface area contributed by atoms with E-state index in [2.05, 4.69) is 241 Å². The lowest BCUT2D eigenvalue weighted by molar-refractivity contribution is 0.776. The van der Waals surface area contributed by atoms with Crippen LogP contribution in [0.15, 0.2) is 237 Å². The first-order chi connectivity index (χ1) is 31.2. The highest BCUT2D eigenvalue weighted by molar-refractivity contribution is 7.25. The number of hydrogen-bond acceptors (Lipinski definition) is 2. The molecule has 1 aromatic heterocycles. The Balaban J connectivity index is 1.05. The van der Waals surface area contributed by atoms with Crippen molar-refractivity contribution in [1.29, 1.82) is 0 Å². The zero-order valence-corrected chi connectivity index (χ0v) is 35.2. The molecule has 1 unspecified atom stereocenters. The summed E-state index contributed by atoms with van der Waals surface area (Å²) in [4.78, 5) is 2.43. The summed E-state index contributed by atoms with van der Waals surface area (Å²) < 4.78 is 2.65. The van der Waals surface area contributed by atoms with Crippen LogP contribution >= 0.6 is 11.3 Å². The highest BCUT2D eigenvalue weighted by Crippen LogP contribution is 2.63. The Morgan fingerprint density at radius 3 is 1.40 bits per heavy atom. The minimum absolute atomic E-state index is 0.609. The molecule has 0 amide bonds. The van der Waals surface area contributed by atoms with Crippen LogP contribution in [0.2, 0.25) is 0 Å². The Labute approximate surface area is 371 Å². The molecule has 0 aliphatic heterocycles. The van der Waals surface area contributed by atoms with Crippen LogP contribution in [0.4, 0.5) is 17.1 Å². The fourth-order valence-corrected chi connectivity index (χ4v) is 11.9. The van der Waals surface area contributed by atoms with E-state index in [-0.39, 0.29) is 0 Å². The molecule has 0 N–H and O–H groups in total. The fourth-order valence-electron chi connectivity index (χ4n) is 10.7. The zero-order chi connectivity index (χ0) is 41.5. The average molecular weight is 818 g/mol. The summed E-state index contributed by atoms with van der Waals surface area (Å²) in [5, 5.41) is 2.63. The molecule has 294 valence electrons. The number of benzene rings is 10. The highest BCUT2D eigenvalue weighted by atomic mass is 32.1. The first-order valence-electron chi connectivity index (χ1n) is 21.7. The number of nitrogens with zero attached hydrogens (tertiary/aromatic N) is 1. The molecule has 2 aliphatic carbocycles. The van der Waals surface area contributed by atoms with Crippen LogP contribution in [-0.2, 0) is 5.41 Å². The third kappa shape index (κ3) is 5.42. The van der Waals surface area contributed by atoms with Crippen LogP contribution < -0.4 is 4.90 Å². The standard InChI is InChI=1S/C61H39NS/c1-3-15-40(16-4-1)41-27-29-42(30-28-41)43-31-33-45(34-32-43)62(44-17-5-2-6-18-44)46-35-36-51-48-20-8-7-19-47(48)49-21-9-12-24-55(49)61(57(51)37-46)56-25-13-10-22-50(56)53-39-60-54(38-58(53)61)52-23-11-14-26-59(52)63-60/h1-39H. The lowest BCUT2D eigenvalue weighted by atomic mass is 9.65. The Morgan fingerprint density at radius 2 is 0.730 bits per heavy atom. The normalized spacial score (nSPS) is 14.4. The maximum Gasteiger partial charge on any atom is 0.0726 e. The van der Waals surface area contributed by atoms with Gasteiger partial charge in [-0.05, 0) is 132 Å². The molecule has 2 aliphatic rings. The number of fused-ring (bicyclic) bond motifs is 15. The Hall–Kier alpha value is -7.78. The topological polar surface area (TPSA) is 3.24 Å². The molecule has 2 heteroatoms. The van der Waals surface area contributed by atoms with E-state index in [1.807, 2.05) is 11.3 Å². The quantitative estimate of drug-likeness (QED) is 0.167. The van der Waals surface area contributed by atoms with Crippen LogP contribution in [0, 0.1) is 0 Å². The SMILES string of the molecule is c1ccc(-c2ccc(-c3ccc(N(c4ccccc4)c4ccc5c(c4)C4(c6ccccc6-c6ccccc6-5)c5ccccc5-c5cc6sc7ccccc7c6cc54)cc3)cc2)cc1. The Bertz CT molecular complexity index is 3550. The van der Waals surface area contributed by atoms with Crippen LogP contribution in [0.1, 0.15) is 22.3 Å². The lowest BCUT2D eigenvalue weighted by Gasteiger charge is -2.36. The third-order valence-corrected chi connectivity index (χ3v) is 14.6. The van der Waals surface area contributed by atoms with Gasteiger partial charge in [-0.15, -0.1) is 11.3 Å². The molecule has 11 aromatic rings. The van der Waals surface area contributed by atoms with Gasteiger partial charge >= 0.3 is 0 Å². The zero-order valence-electron chi connectivity index (χ0n) is 34.4. The predicted octanol–water partition coefficient (Wildman–Crippen LogP) is 16.9. The molecule has 1 atom stereocenters. The van der Waals surface area contributed by atoms with Gasteiger partial charge in [-0.2, -0.15) is 0 Å². The maximum atomic E-state index is 2.55. The van der Waals surface area contributed by atoms with Crippen molar-refractivity contribution in [3.63, 3.8) is 0 Å². The van der Waals surface area contributed by atoms with E-state index in [9.17, 15) is 0 Å². The Morgan fingerprint density at radius 1 is 0.270 bits per heavy atom. The van der Waals surface area contributed by atoms with Gasteiger partial charge in [0.25, 0.3) is 0 Å². The van der Waals surface area contributed by atoms with Crippen molar-refractivity contribution in [1.82, 2.24) is 0 Å². The number of hydrogen-bond donors (Lipinski definition) is 0. The van der Waals surface area contributed by atoms with E-state index >= 15 is 0 Å². The summed E-state index contributed by atoms with van der Waals surface area (Å²) >= 11 is 1.90.